The van der Waals surface area contributed by atoms with Crippen LogP contribution in [0, 0.1) is 10.1 Å². The SMILES string of the molecule is CN(C)C(=O)c1cc2cc([N+](=O)[O-])ccc2oc1=O. The van der Waals surface area contributed by atoms with E-state index in [1.807, 2.05) is 0 Å². The topological polar surface area (TPSA) is 93.7 Å². The summed E-state index contributed by atoms with van der Waals surface area (Å²) < 4.78 is 4.97. The third-order valence-electron chi connectivity index (χ3n) is 2.56. The Bertz CT molecular complexity index is 732. The van der Waals surface area contributed by atoms with E-state index in [2.05, 4.69) is 0 Å². The molecule has 0 aliphatic carbocycles. The van der Waals surface area contributed by atoms with Crippen molar-refractivity contribution in [1.82, 2.24) is 4.90 Å². The molecule has 1 amide bonds. The Hall–Kier alpha value is -2.70. The number of carbonyl (C=O) groups excluding carboxylic acids is 1. The maximum atomic E-state index is 11.8. The van der Waals surface area contributed by atoms with E-state index in [9.17, 15) is 19.7 Å². The van der Waals surface area contributed by atoms with Crippen molar-refractivity contribution in [2.45, 2.75) is 0 Å². The molecule has 7 heteroatoms. The summed E-state index contributed by atoms with van der Waals surface area (Å²) in [6.45, 7) is 0. The van der Waals surface area contributed by atoms with Gasteiger partial charge < -0.3 is 9.32 Å². The molecule has 0 aliphatic rings. The Labute approximate surface area is 107 Å². The zero-order valence-electron chi connectivity index (χ0n) is 10.2. The maximum Gasteiger partial charge on any atom is 0.349 e. The van der Waals surface area contributed by atoms with Crippen molar-refractivity contribution < 1.29 is 14.1 Å². The Morgan fingerprint density at radius 2 is 2.00 bits per heavy atom. The molecule has 2 rings (SSSR count). The maximum absolute atomic E-state index is 11.8. The molecular weight excluding hydrogens is 252 g/mol. The zero-order chi connectivity index (χ0) is 14.2. The molecule has 98 valence electrons. The third kappa shape index (κ3) is 2.30. The summed E-state index contributed by atoms with van der Waals surface area (Å²) >= 11 is 0. The highest BCUT2D eigenvalue weighted by molar-refractivity contribution is 5.96. The van der Waals surface area contributed by atoms with Crippen molar-refractivity contribution in [3.8, 4) is 0 Å². The van der Waals surface area contributed by atoms with E-state index in [-0.39, 0.29) is 16.8 Å². The Kier molecular flexibility index (Phi) is 3.04. The first-order valence-corrected chi connectivity index (χ1v) is 5.34. The number of nitro benzene ring substituents is 1. The number of fused-ring (bicyclic) bond motifs is 1. The lowest BCUT2D eigenvalue weighted by molar-refractivity contribution is -0.384. The predicted octanol–water partition coefficient (Wildman–Crippen LogP) is 1.40. The highest BCUT2D eigenvalue weighted by atomic mass is 16.6. The molecule has 1 aromatic heterocycles. The van der Waals surface area contributed by atoms with Crippen molar-refractivity contribution in [3.63, 3.8) is 0 Å². The lowest BCUT2D eigenvalue weighted by Gasteiger charge is -2.09. The van der Waals surface area contributed by atoms with Gasteiger partial charge in [-0.1, -0.05) is 0 Å². The first-order valence-electron chi connectivity index (χ1n) is 5.34. The molecule has 0 spiro atoms. The van der Waals surface area contributed by atoms with Crippen LogP contribution < -0.4 is 5.63 Å². The normalized spacial score (nSPS) is 10.4. The van der Waals surface area contributed by atoms with Gasteiger partial charge in [0, 0.05) is 31.6 Å². The molecule has 7 nitrogen and oxygen atoms in total. The number of hydrogen-bond donors (Lipinski definition) is 0. The summed E-state index contributed by atoms with van der Waals surface area (Å²) in [7, 11) is 3.00. The standard InChI is InChI=1S/C12H10N2O5/c1-13(2)11(15)9-6-7-5-8(14(17)18)3-4-10(7)19-12(9)16/h3-6H,1-2H3. The second kappa shape index (κ2) is 4.52. The van der Waals surface area contributed by atoms with Crippen LogP contribution in [0.25, 0.3) is 11.0 Å². The minimum Gasteiger partial charge on any atom is -0.422 e. The fourth-order valence-corrected chi connectivity index (χ4v) is 1.61. The molecule has 0 unspecified atom stereocenters. The largest absolute Gasteiger partial charge is 0.422 e. The fourth-order valence-electron chi connectivity index (χ4n) is 1.61. The summed E-state index contributed by atoms with van der Waals surface area (Å²) in [5.74, 6) is -0.512. The van der Waals surface area contributed by atoms with Gasteiger partial charge in [0.2, 0.25) is 0 Å². The molecular formula is C12H10N2O5. The first-order chi connectivity index (χ1) is 8.90. The Balaban J connectivity index is 2.68. The van der Waals surface area contributed by atoms with Crippen molar-refractivity contribution >= 4 is 22.6 Å². The average molecular weight is 262 g/mol. The number of amides is 1. The molecule has 0 radical (unpaired) electrons. The van der Waals surface area contributed by atoms with Crippen molar-refractivity contribution in [3.05, 3.63) is 50.4 Å². The van der Waals surface area contributed by atoms with Crippen LogP contribution >= 0.6 is 0 Å². The molecule has 0 bridgehead atoms. The van der Waals surface area contributed by atoms with Gasteiger partial charge in [0.1, 0.15) is 11.1 Å². The summed E-state index contributed by atoms with van der Waals surface area (Å²) in [5, 5.41) is 11.0. The van der Waals surface area contributed by atoms with E-state index >= 15 is 0 Å². The third-order valence-corrected chi connectivity index (χ3v) is 2.56. The molecule has 0 aliphatic heterocycles. The molecule has 0 N–H and O–H groups in total. The van der Waals surface area contributed by atoms with Gasteiger partial charge in [0.25, 0.3) is 11.6 Å². The van der Waals surface area contributed by atoms with E-state index in [0.29, 0.717) is 5.39 Å². The number of nitro groups is 1. The van der Waals surface area contributed by atoms with Gasteiger partial charge in [0.05, 0.1) is 4.92 Å². The summed E-state index contributed by atoms with van der Waals surface area (Å²) in [5.41, 5.74) is -0.853. The van der Waals surface area contributed by atoms with Crippen molar-refractivity contribution in [2.75, 3.05) is 14.1 Å². The molecule has 0 saturated carbocycles. The number of non-ortho nitro benzene ring substituents is 1. The van der Waals surface area contributed by atoms with Gasteiger partial charge in [-0.15, -0.1) is 0 Å². The highest BCUT2D eigenvalue weighted by Crippen LogP contribution is 2.20. The van der Waals surface area contributed by atoms with Crippen LogP contribution in [-0.2, 0) is 0 Å². The number of hydrogen-bond acceptors (Lipinski definition) is 5. The van der Waals surface area contributed by atoms with Gasteiger partial charge in [-0.25, -0.2) is 4.79 Å². The van der Waals surface area contributed by atoms with E-state index in [1.54, 1.807) is 0 Å². The van der Waals surface area contributed by atoms with Gasteiger partial charge in [0.15, 0.2) is 0 Å². The minimum atomic E-state index is -0.764. The smallest absolute Gasteiger partial charge is 0.349 e. The van der Waals surface area contributed by atoms with Crippen LogP contribution in [0.1, 0.15) is 10.4 Å². The van der Waals surface area contributed by atoms with E-state index in [1.165, 1.54) is 43.3 Å². The Morgan fingerprint density at radius 1 is 1.32 bits per heavy atom. The van der Waals surface area contributed by atoms with Crippen LogP contribution in [0.4, 0.5) is 5.69 Å². The molecule has 1 aromatic carbocycles. The predicted molar refractivity (Wildman–Crippen MR) is 67.2 cm³/mol. The lowest BCUT2D eigenvalue weighted by Crippen LogP contribution is -2.27. The van der Waals surface area contributed by atoms with Crippen LogP contribution in [0.5, 0.6) is 0 Å². The van der Waals surface area contributed by atoms with Gasteiger partial charge in [-0.05, 0) is 12.1 Å². The Morgan fingerprint density at radius 3 is 2.58 bits per heavy atom. The lowest BCUT2D eigenvalue weighted by atomic mass is 10.1. The number of rotatable bonds is 2. The van der Waals surface area contributed by atoms with E-state index in [0.717, 1.165) is 0 Å². The van der Waals surface area contributed by atoms with Crippen LogP contribution in [-0.4, -0.2) is 29.8 Å². The quantitative estimate of drug-likeness (QED) is 0.463. The van der Waals surface area contributed by atoms with Gasteiger partial charge in [-0.2, -0.15) is 0 Å². The highest BCUT2D eigenvalue weighted by Gasteiger charge is 2.16. The molecule has 1 heterocycles. The van der Waals surface area contributed by atoms with Crippen LogP contribution in [0.3, 0.4) is 0 Å². The molecule has 0 saturated heterocycles. The van der Waals surface area contributed by atoms with Crippen LogP contribution in [0.15, 0.2) is 33.5 Å². The minimum absolute atomic E-state index is 0.135. The molecule has 19 heavy (non-hydrogen) atoms. The van der Waals surface area contributed by atoms with Crippen molar-refractivity contribution in [2.24, 2.45) is 0 Å². The van der Waals surface area contributed by atoms with Gasteiger partial charge >= 0.3 is 5.63 Å². The number of carbonyl (C=O) groups is 1. The second-order valence-electron chi connectivity index (χ2n) is 4.13. The van der Waals surface area contributed by atoms with Gasteiger partial charge in [-0.3, -0.25) is 14.9 Å². The molecule has 0 fully saturated rings. The average Bonchev–Trinajstić information content (AvgIpc) is 2.36. The second-order valence-corrected chi connectivity index (χ2v) is 4.13. The van der Waals surface area contributed by atoms with Crippen molar-refractivity contribution in [1.29, 1.82) is 0 Å². The van der Waals surface area contributed by atoms with E-state index < -0.39 is 16.5 Å². The fraction of sp³-hybridized carbons (Fsp3) is 0.167. The number of benzene rings is 1. The zero-order valence-corrected chi connectivity index (χ0v) is 10.2. The first kappa shape index (κ1) is 12.7. The molecule has 0 atom stereocenters. The summed E-state index contributed by atoms with van der Waals surface area (Å²) in [6, 6.07) is 5.12. The van der Waals surface area contributed by atoms with E-state index in [4.69, 9.17) is 4.42 Å². The molecule has 2 aromatic rings. The number of nitrogens with zero attached hydrogens (tertiary/aromatic N) is 2. The van der Waals surface area contributed by atoms with Crippen LogP contribution in [0.2, 0.25) is 0 Å². The summed E-state index contributed by atoms with van der Waals surface area (Å²) in [6.07, 6.45) is 0. The monoisotopic (exact) mass is 262 g/mol. The summed E-state index contributed by atoms with van der Waals surface area (Å²) in [4.78, 5) is 34.8.